The van der Waals surface area contributed by atoms with Gasteiger partial charge in [0.15, 0.2) is 0 Å². The highest BCUT2D eigenvalue weighted by Gasteiger charge is 2.20. The standard InChI is InChI=1S/C20H27N3O3S/c1-22(2)18(13-16-9-6-5-7-10-16)15-21-20(24)17-11-8-12-19(14-17)27(25,26)23(3)4/h5-12,14,18H,13,15H2,1-4H3,(H,21,24)/p+1/t18-/m1/s1. The summed E-state index contributed by atoms with van der Waals surface area (Å²) in [6, 6.07) is 16.5. The van der Waals surface area contributed by atoms with Gasteiger partial charge in [-0.3, -0.25) is 4.79 Å². The van der Waals surface area contributed by atoms with Crippen molar-refractivity contribution in [3.63, 3.8) is 0 Å². The molecule has 0 saturated carbocycles. The maximum Gasteiger partial charge on any atom is 0.251 e. The number of carbonyl (C=O) groups is 1. The molecule has 1 atom stereocenters. The van der Waals surface area contributed by atoms with Gasteiger partial charge in [0.05, 0.1) is 25.5 Å². The number of sulfonamides is 1. The first-order valence-electron chi connectivity index (χ1n) is 8.86. The normalized spacial score (nSPS) is 13.0. The van der Waals surface area contributed by atoms with Crippen molar-refractivity contribution in [1.29, 1.82) is 0 Å². The van der Waals surface area contributed by atoms with Gasteiger partial charge < -0.3 is 10.2 Å². The van der Waals surface area contributed by atoms with E-state index in [0.29, 0.717) is 12.1 Å². The molecule has 2 aromatic carbocycles. The van der Waals surface area contributed by atoms with Crippen LogP contribution in [0, 0.1) is 0 Å². The number of hydrogen-bond donors (Lipinski definition) is 2. The van der Waals surface area contributed by atoms with Gasteiger partial charge in [0.1, 0.15) is 6.04 Å². The van der Waals surface area contributed by atoms with Crippen LogP contribution in [0.5, 0.6) is 0 Å². The van der Waals surface area contributed by atoms with Gasteiger partial charge in [0, 0.05) is 26.1 Å². The zero-order valence-corrected chi connectivity index (χ0v) is 17.1. The Bertz CT molecular complexity index is 865. The van der Waals surface area contributed by atoms with Gasteiger partial charge in [-0.15, -0.1) is 0 Å². The molecule has 0 heterocycles. The van der Waals surface area contributed by atoms with Crippen LogP contribution in [-0.4, -0.2) is 59.4 Å². The fourth-order valence-electron chi connectivity index (χ4n) is 2.71. The second-order valence-corrected chi connectivity index (χ2v) is 9.14. The molecule has 2 aromatic rings. The van der Waals surface area contributed by atoms with E-state index in [0.717, 1.165) is 10.7 Å². The highest BCUT2D eigenvalue weighted by molar-refractivity contribution is 7.89. The number of amides is 1. The van der Waals surface area contributed by atoms with Crippen LogP contribution in [0.25, 0.3) is 0 Å². The van der Waals surface area contributed by atoms with Crippen LogP contribution in [0.1, 0.15) is 15.9 Å². The molecule has 0 radical (unpaired) electrons. The van der Waals surface area contributed by atoms with Crippen LogP contribution in [0.2, 0.25) is 0 Å². The third-order valence-corrected chi connectivity index (χ3v) is 6.34. The molecule has 27 heavy (non-hydrogen) atoms. The lowest BCUT2D eigenvalue weighted by molar-refractivity contribution is -0.884. The maximum atomic E-state index is 12.5. The number of likely N-dealkylation sites (N-methyl/N-ethyl adjacent to an activating group) is 1. The Morgan fingerprint density at radius 2 is 1.74 bits per heavy atom. The summed E-state index contributed by atoms with van der Waals surface area (Å²) in [4.78, 5) is 13.9. The number of rotatable bonds is 8. The Morgan fingerprint density at radius 3 is 2.33 bits per heavy atom. The molecule has 7 heteroatoms. The smallest absolute Gasteiger partial charge is 0.251 e. The molecular formula is C20H28N3O3S+. The highest BCUT2D eigenvalue weighted by atomic mass is 32.2. The molecule has 0 fully saturated rings. The Balaban J connectivity index is 2.08. The molecule has 6 nitrogen and oxygen atoms in total. The average molecular weight is 391 g/mol. The van der Waals surface area contributed by atoms with E-state index in [1.165, 1.54) is 36.7 Å². The molecule has 0 spiro atoms. The minimum atomic E-state index is -3.57. The summed E-state index contributed by atoms with van der Waals surface area (Å²) in [5.41, 5.74) is 1.56. The number of nitrogens with zero attached hydrogens (tertiary/aromatic N) is 1. The molecule has 0 aromatic heterocycles. The molecule has 0 aliphatic heterocycles. The van der Waals surface area contributed by atoms with E-state index >= 15 is 0 Å². The van der Waals surface area contributed by atoms with Crippen LogP contribution in [0.15, 0.2) is 59.5 Å². The second-order valence-electron chi connectivity index (χ2n) is 6.99. The van der Waals surface area contributed by atoms with Crippen molar-refractivity contribution < 1.29 is 18.1 Å². The van der Waals surface area contributed by atoms with Crippen LogP contribution in [0.4, 0.5) is 0 Å². The van der Waals surface area contributed by atoms with E-state index in [9.17, 15) is 13.2 Å². The lowest BCUT2D eigenvalue weighted by Crippen LogP contribution is -3.11. The predicted molar refractivity (Wildman–Crippen MR) is 106 cm³/mol. The van der Waals surface area contributed by atoms with Gasteiger partial charge in [-0.05, 0) is 23.8 Å². The fraction of sp³-hybridized carbons (Fsp3) is 0.350. The summed E-state index contributed by atoms with van der Waals surface area (Å²) in [7, 11) is 3.49. The predicted octanol–water partition coefficient (Wildman–Crippen LogP) is 0.423. The first kappa shape index (κ1) is 21.1. The van der Waals surface area contributed by atoms with Gasteiger partial charge in [0.2, 0.25) is 10.0 Å². The van der Waals surface area contributed by atoms with Crippen molar-refractivity contribution in [1.82, 2.24) is 9.62 Å². The van der Waals surface area contributed by atoms with Crippen LogP contribution < -0.4 is 10.2 Å². The molecule has 0 aliphatic carbocycles. The minimum Gasteiger partial charge on any atom is -0.346 e. The van der Waals surface area contributed by atoms with Gasteiger partial charge >= 0.3 is 0 Å². The third-order valence-electron chi connectivity index (χ3n) is 4.53. The quantitative estimate of drug-likeness (QED) is 0.686. The summed E-state index contributed by atoms with van der Waals surface area (Å²) >= 11 is 0. The second kappa shape index (κ2) is 9.12. The molecule has 2 N–H and O–H groups in total. The summed E-state index contributed by atoms with van der Waals surface area (Å²) in [6.07, 6.45) is 0.846. The van der Waals surface area contributed by atoms with Crippen molar-refractivity contribution in [2.24, 2.45) is 0 Å². The number of carbonyl (C=O) groups excluding carboxylic acids is 1. The zero-order chi connectivity index (χ0) is 20.0. The Morgan fingerprint density at radius 1 is 1.07 bits per heavy atom. The molecule has 146 valence electrons. The summed E-state index contributed by atoms with van der Waals surface area (Å²) in [6.45, 7) is 0.501. The first-order valence-corrected chi connectivity index (χ1v) is 10.3. The molecule has 2 rings (SSSR count). The van der Waals surface area contributed by atoms with E-state index in [-0.39, 0.29) is 16.8 Å². The first-order chi connectivity index (χ1) is 12.7. The monoisotopic (exact) mass is 390 g/mol. The van der Waals surface area contributed by atoms with E-state index in [2.05, 4.69) is 31.5 Å². The van der Waals surface area contributed by atoms with Crippen molar-refractivity contribution in [2.75, 3.05) is 34.7 Å². The fourth-order valence-corrected chi connectivity index (χ4v) is 3.65. The Labute approximate surface area is 161 Å². The van der Waals surface area contributed by atoms with Gasteiger partial charge in [-0.1, -0.05) is 36.4 Å². The molecule has 0 unspecified atom stereocenters. The summed E-state index contributed by atoms with van der Waals surface area (Å²) in [5, 5.41) is 2.94. The Hall–Kier alpha value is -2.22. The molecule has 1 amide bonds. The minimum absolute atomic E-state index is 0.110. The third kappa shape index (κ3) is 5.63. The van der Waals surface area contributed by atoms with Crippen molar-refractivity contribution in [2.45, 2.75) is 17.4 Å². The topological polar surface area (TPSA) is 70.9 Å². The van der Waals surface area contributed by atoms with Crippen molar-refractivity contribution >= 4 is 15.9 Å². The zero-order valence-electron chi connectivity index (χ0n) is 16.3. The average Bonchev–Trinajstić information content (AvgIpc) is 2.65. The van der Waals surface area contributed by atoms with Gasteiger partial charge in [-0.25, -0.2) is 12.7 Å². The maximum absolute atomic E-state index is 12.5. The van der Waals surface area contributed by atoms with Crippen LogP contribution in [-0.2, 0) is 16.4 Å². The van der Waals surface area contributed by atoms with E-state index in [1.807, 2.05) is 18.2 Å². The van der Waals surface area contributed by atoms with E-state index < -0.39 is 10.0 Å². The van der Waals surface area contributed by atoms with Crippen LogP contribution >= 0.6 is 0 Å². The summed E-state index contributed by atoms with van der Waals surface area (Å²) < 4.78 is 25.6. The van der Waals surface area contributed by atoms with E-state index in [4.69, 9.17) is 0 Å². The van der Waals surface area contributed by atoms with Crippen LogP contribution in [0.3, 0.4) is 0 Å². The molecular weight excluding hydrogens is 362 g/mol. The number of benzene rings is 2. The number of quaternary nitrogens is 1. The Kier molecular flexibility index (Phi) is 7.12. The van der Waals surface area contributed by atoms with E-state index in [1.54, 1.807) is 12.1 Å². The lowest BCUT2D eigenvalue weighted by atomic mass is 10.1. The molecule has 0 aliphatic rings. The van der Waals surface area contributed by atoms with Crippen molar-refractivity contribution in [3.8, 4) is 0 Å². The summed E-state index contributed by atoms with van der Waals surface area (Å²) in [5.74, 6) is -0.273. The van der Waals surface area contributed by atoms with Gasteiger partial charge in [-0.2, -0.15) is 0 Å². The lowest BCUT2D eigenvalue weighted by Gasteiger charge is -2.22. The SMILES string of the molecule is CN(C)S(=O)(=O)c1cccc(C(=O)NC[C@@H](Cc2ccccc2)[NH+](C)C)c1. The largest absolute Gasteiger partial charge is 0.346 e. The van der Waals surface area contributed by atoms with Gasteiger partial charge in [0.25, 0.3) is 5.91 Å². The number of hydrogen-bond acceptors (Lipinski definition) is 3. The highest BCUT2D eigenvalue weighted by Crippen LogP contribution is 2.14. The number of nitrogens with one attached hydrogen (secondary N) is 2. The molecule has 0 bridgehead atoms. The molecule has 0 saturated heterocycles. The van der Waals surface area contributed by atoms with Crippen molar-refractivity contribution in [3.05, 3.63) is 65.7 Å².